The molecule has 0 aliphatic rings. The van der Waals surface area contributed by atoms with E-state index in [2.05, 4.69) is 25.3 Å². The highest BCUT2D eigenvalue weighted by Gasteiger charge is 2.16. The second-order valence-electron chi connectivity index (χ2n) is 4.15. The van der Waals surface area contributed by atoms with E-state index in [0.29, 0.717) is 0 Å². The highest BCUT2D eigenvalue weighted by atomic mass is 31.1. The van der Waals surface area contributed by atoms with Crippen LogP contribution in [0.1, 0.15) is 34.1 Å². The van der Waals surface area contributed by atoms with E-state index < -0.39 is 8.25 Å². The molecule has 0 rings (SSSR count). The average molecular weight is 194 g/mol. The molecule has 12 heavy (non-hydrogen) atoms. The molecule has 0 aromatic heterocycles. The van der Waals surface area contributed by atoms with Crippen LogP contribution in [0.2, 0.25) is 0 Å². The summed E-state index contributed by atoms with van der Waals surface area (Å²) in [7, 11) is -0.856. The highest BCUT2D eigenvalue weighted by Crippen LogP contribution is 2.30. The van der Waals surface area contributed by atoms with Gasteiger partial charge < -0.3 is 9.05 Å². The molecule has 4 heteroatoms. The third kappa shape index (κ3) is 6.84. The standard InChI is InChI=1S/C8H19O3P/c1-7(6-8(2,3)4)11-12(9)10-5/h7,12H,6H2,1-5H3. The van der Waals surface area contributed by atoms with Gasteiger partial charge in [0.25, 0.3) is 0 Å². The maximum absolute atomic E-state index is 10.8. The fraction of sp³-hybridized carbons (Fsp3) is 1.00. The van der Waals surface area contributed by atoms with Gasteiger partial charge in [0, 0.05) is 7.11 Å². The summed E-state index contributed by atoms with van der Waals surface area (Å²) < 4.78 is 20.5. The summed E-state index contributed by atoms with van der Waals surface area (Å²) in [5, 5.41) is 0. The van der Waals surface area contributed by atoms with E-state index in [1.165, 1.54) is 7.11 Å². The lowest BCUT2D eigenvalue weighted by Gasteiger charge is -2.22. The largest absolute Gasteiger partial charge is 0.319 e. The zero-order valence-electron chi connectivity index (χ0n) is 8.51. The zero-order chi connectivity index (χ0) is 9.78. The van der Waals surface area contributed by atoms with Crippen molar-refractivity contribution in [3.8, 4) is 0 Å². The van der Waals surface area contributed by atoms with Crippen molar-refractivity contribution in [1.82, 2.24) is 0 Å². The second-order valence-corrected chi connectivity index (χ2v) is 5.29. The van der Waals surface area contributed by atoms with E-state index in [9.17, 15) is 4.57 Å². The van der Waals surface area contributed by atoms with Crippen molar-refractivity contribution >= 4 is 8.25 Å². The van der Waals surface area contributed by atoms with Gasteiger partial charge in [-0.05, 0) is 18.8 Å². The molecule has 0 spiro atoms. The first-order valence-corrected chi connectivity index (χ1v) is 5.32. The van der Waals surface area contributed by atoms with Crippen LogP contribution in [0.4, 0.5) is 0 Å². The molecule has 0 heterocycles. The predicted octanol–water partition coefficient (Wildman–Crippen LogP) is 2.86. The maximum atomic E-state index is 10.8. The molecule has 0 aliphatic carbocycles. The number of hydrogen-bond acceptors (Lipinski definition) is 3. The van der Waals surface area contributed by atoms with Gasteiger partial charge in [-0.1, -0.05) is 20.8 Å². The van der Waals surface area contributed by atoms with Crippen molar-refractivity contribution in [1.29, 1.82) is 0 Å². The first-order valence-electron chi connectivity index (χ1n) is 4.10. The summed E-state index contributed by atoms with van der Waals surface area (Å²) >= 11 is 0. The lowest BCUT2D eigenvalue weighted by molar-refractivity contribution is 0.145. The molecule has 3 nitrogen and oxygen atoms in total. The lowest BCUT2D eigenvalue weighted by Crippen LogP contribution is -2.15. The Morgan fingerprint density at radius 1 is 1.42 bits per heavy atom. The topological polar surface area (TPSA) is 35.5 Å². The van der Waals surface area contributed by atoms with Gasteiger partial charge in [-0.2, -0.15) is 0 Å². The molecular formula is C8H19O3P. The summed E-state index contributed by atoms with van der Waals surface area (Å²) in [5.41, 5.74) is 0.204. The normalized spacial score (nSPS) is 17.4. The van der Waals surface area contributed by atoms with Crippen LogP contribution in [0.3, 0.4) is 0 Å². The second kappa shape index (κ2) is 5.00. The summed E-state index contributed by atoms with van der Waals surface area (Å²) in [5.74, 6) is 0. The van der Waals surface area contributed by atoms with Gasteiger partial charge in [0.05, 0.1) is 6.10 Å². The molecule has 0 amide bonds. The Morgan fingerprint density at radius 2 is 1.92 bits per heavy atom. The predicted molar refractivity (Wildman–Crippen MR) is 50.6 cm³/mol. The van der Waals surface area contributed by atoms with Crippen LogP contribution in [0.5, 0.6) is 0 Å². The molecule has 2 unspecified atom stereocenters. The van der Waals surface area contributed by atoms with Crippen LogP contribution >= 0.6 is 8.25 Å². The van der Waals surface area contributed by atoms with Crippen LogP contribution in [-0.4, -0.2) is 13.2 Å². The molecule has 0 N–H and O–H groups in total. The maximum Gasteiger partial charge on any atom is 0.319 e. The highest BCUT2D eigenvalue weighted by molar-refractivity contribution is 7.33. The van der Waals surface area contributed by atoms with Crippen molar-refractivity contribution in [2.45, 2.75) is 40.2 Å². The molecule has 0 fully saturated rings. The van der Waals surface area contributed by atoms with Crippen LogP contribution in [0.15, 0.2) is 0 Å². The van der Waals surface area contributed by atoms with E-state index in [4.69, 9.17) is 4.52 Å². The van der Waals surface area contributed by atoms with Crippen LogP contribution in [0, 0.1) is 5.41 Å². The molecule has 0 radical (unpaired) electrons. The molecule has 0 aromatic rings. The average Bonchev–Trinajstić information content (AvgIpc) is 1.82. The Labute approximate surface area is 75.4 Å². The van der Waals surface area contributed by atoms with Gasteiger partial charge in [0.1, 0.15) is 0 Å². The molecule has 0 bridgehead atoms. The number of hydrogen-bond donors (Lipinski definition) is 0. The fourth-order valence-corrected chi connectivity index (χ4v) is 1.62. The number of rotatable bonds is 4. The third-order valence-corrected chi connectivity index (χ3v) is 2.29. The third-order valence-electron chi connectivity index (χ3n) is 1.36. The minimum Gasteiger partial charge on any atom is -0.314 e. The molecule has 74 valence electrons. The quantitative estimate of drug-likeness (QED) is 0.645. The van der Waals surface area contributed by atoms with Gasteiger partial charge in [0.2, 0.25) is 0 Å². The lowest BCUT2D eigenvalue weighted by atomic mass is 9.90. The van der Waals surface area contributed by atoms with Gasteiger partial charge in [-0.25, -0.2) is 0 Å². The Balaban J connectivity index is 3.74. The minimum absolute atomic E-state index is 0.00339. The van der Waals surface area contributed by atoms with Gasteiger partial charge >= 0.3 is 8.25 Å². The van der Waals surface area contributed by atoms with E-state index in [1.807, 2.05) is 6.92 Å². The molecule has 0 aromatic carbocycles. The summed E-state index contributed by atoms with van der Waals surface area (Å²) in [6.45, 7) is 8.28. The van der Waals surface area contributed by atoms with Crippen LogP contribution in [-0.2, 0) is 13.6 Å². The summed E-state index contributed by atoms with van der Waals surface area (Å²) in [6.07, 6.45) is 0.878. The van der Waals surface area contributed by atoms with Crippen molar-refractivity contribution in [2.24, 2.45) is 5.41 Å². The molecular weight excluding hydrogens is 175 g/mol. The molecule has 2 atom stereocenters. The Bertz CT molecular complexity index is 151. The van der Waals surface area contributed by atoms with Crippen LogP contribution < -0.4 is 0 Å². The van der Waals surface area contributed by atoms with Crippen molar-refractivity contribution in [3.63, 3.8) is 0 Å². The SMILES string of the molecule is CO[PH](=O)OC(C)CC(C)(C)C. The van der Waals surface area contributed by atoms with Crippen molar-refractivity contribution in [2.75, 3.05) is 7.11 Å². The van der Waals surface area contributed by atoms with Gasteiger partial charge in [-0.3, -0.25) is 4.57 Å². The zero-order valence-corrected chi connectivity index (χ0v) is 9.51. The Morgan fingerprint density at radius 3 is 2.25 bits per heavy atom. The first-order chi connectivity index (χ1) is 5.35. The molecule has 0 saturated heterocycles. The van der Waals surface area contributed by atoms with Gasteiger partial charge in [-0.15, -0.1) is 0 Å². The Kier molecular flexibility index (Phi) is 5.07. The first kappa shape index (κ1) is 12.2. The van der Waals surface area contributed by atoms with Gasteiger partial charge in [0.15, 0.2) is 0 Å². The summed E-state index contributed by atoms with van der Waals surface area (Å²) in [6, 6.07) is 0. The minimum atomic E-state index is -2.25. The van der Waals surface area contributed by atoms with Crippen LogP contribution in [0.25, 0.3) is 0 Å². The fourth-order valence-electron chi connectivity index (χ4n) is 1.12. The van der Waals surface area contributed by atoms with E-state index in [1.54, 1.807) is 0 Å². The van der Waals surface area contributed by atoms with E-state index in [0.717, 1.165) is 6.42 Å². The van der Waals surface area contributed by atoms with Crippen molar-refractivity contribution < 1.29 is 13.6 Å². The molecule has 0 saturated carbocycles. The smallest absolute Gasteiger partial charge is 0.314 e. The Hall–Kier alpha value is 0.150. The summed E-state index contributed by atoms with van der Waals surface area (Å²) in [4.78, 5) is 0. The van der Waals surface area contributed by atoms with Crippen molar-refractivity contribution in [3.05, 3.63) is 0 Å². The molecule has 0 aliphatic heterocycles. The van der Waals surface area contributed by atoms with E-state index in [-0.39, 0.29) is 11.5 Å². The van der Waals surface area contributed by atoms with E-state index >= 15 is 0 Å². The monoisotopic (exact) mass is 194 g/mol.